The Kier molecular flexibility index (Phi) is 6.32. The molecule has 0 aromatic rings. The van der Waals surface area contributed by atoms with E-state index in [-0.39, 0.29) is 6.10 Å². The van der Waals surface area contributed by atoms with Gasteiger partial charge >= 0.3 is 0 Å². The highest BCUT2D eigenvalue weighted by atomic mass is 16.3. The molecule has 1 saturated heterocycles. The van der Waals surface area contributed by atoms with Crippen LogP contribution in [-0.4, -0.2) is 47.8 Å². The fraction of sp³-hybridized carbons (Fsp3) is 1.00. The first-order valence-corrected chi connectivity index (χ1v) is 6.75. The molecule has 0 saturated carbocycles. The van der Waals surface area contributed by atoms with E-state index in [1.165, 1.54) is 25.8 Å². The van der Waals surface area contributed by atoms with Gasteiger partial charge in [-0.25, -0.2) is 0 Å². The van der Waals surface area contributed by atoms with Crippen LogP contribution in [-0.2, 0) is 0 Å². The van der Waals surface area contributed by atoms with Crippen molar-refractivity contribution in [3.63, 3.8) is 0 Å². The van der Waals surface area contributed by atoms with E-state index in [9.17, 15) is 5.11 Å². The van der Waals surface area contributed by atoms with Crippen molar-refractivity contribution in [2.45, 2.75) is 64.6 Å². The lowest BCUT2D eigenvalue weighted by Crippen LogP contribution is -2.46. The van der Waals surface area contributed by atoms with Gasteiger partial charge in [0.25, 0.3) is 0 Å². The van der Waals surface area contributed by atoms with Crippen LogP contribution >= 0.6 is 0 Å². The molecule has 1 aliphatic rings. The fourth-order valence-corrected chi connectivity index (χ4v) is 2.28. The summed E-state index contributed by atoms with van der Waals surface area (Å²) in [5, 5.41) is 12.9. The zero-order valence-corrected chi connectivity index (χ0v) is 11.1. The molecule has 0 aliphatic carbocycles. The van der Waals surface area contributed by atoms with Crippen LogP contribution in [0.25, 0.3) is 0 Å². The van der Waals surface area contributed by atoms with Gasteiger partial charge in [-0.1, -0.05) is 6.42 Å². The van der Waals surface area contributed by atoms with E-state index < -0.39 is 0 Å². The number of nitrogens with zero attached hydrogens (tertiary/aromatic N) is 1. The Morgan fingerprint density at radius 2 is 2.06 bits per heavy atom. The van der Waals surface area contributed by atoms with Crippen LogP contribution in [0.1, 0.15) is 46.5 Å². The minimum absolute atomic E-state index is 0.180. The standard InChI is InChI=1S/C13H28N2O/c1-11(2)15(9-7-12(3)16)10-13-6-4-5-8-14-13/h11-14,16H,4-10H2,1-3H3. The molecule has 2 N–H and O–H groups in total. The van der Waals surface area contributed by atoms with E-state index >= 15 is 0 Å². The van der Waals surface area contributed by atoms with E-state index in [0.29, 0.717) is 12.1 Å². The Morgan fingerprint density at radius 1 is 1.31 bits per heavy atom. The largest absolute Gasteiger partial charge is 0.393 e. The molecule has 16 heavy (non-hydrogen) atoms. The van der Waals surface area contributed by atoms with E-state index in [1.807, 2.05) is 6.92 Å². The summed E-state index contributed by atoms with van der Waals surface area (Å²) in [6.45, 7) is 9.66. The van der Waals surface area contributed by atoms with Crippen LogP contribution in [0.4, 0.5) is 0 Å². The predicted molar refractivity (Wildman–Crippen MR) is 68.6 cm³/mol. The van der Waals surface area contributed by atoms with Gasteiger partial charge in [-0.05, 0) is 46.6 Å². The van der Waals surface area contributed by atoms with Crippen molar-refractivity contribution in [1.82, 2.24) is 10.2 Å². The van der Waals surface area contributed by atoms with Gasteiger partial charge in [-0.2, -0.15) is 0 Å². The first-order valence-electron chi connectivity index (χ1n) is 6.75. The van der Waals surface area contributed by atoms with Crippen molar-refractivity contribution in [3.05, 3.63) is 0 Å². The molecule has 0 bridgehead atoms. The Hall–Kier alpha value is -0.120. The third kappa shape index (κ3) is 5.28. The van der Waals surface area contributed by atoms with Crippen molar-refractivity contribution in [2.75, 3.05) is 19.6 Å². The summed E-state index contributed by atoms with van der Waals surface area (Å²) in [5.74, 6) is 0. The Morgan fingerprint density at radius 3 is 2.56 bits per heavy atom. The van der Waals surface area contributed by atoms with Crippen molar-refractivity contribution >= 4 is 0 Å². The molecular formula is C13H28N2O. The lowest BCUT2D eigenvalue weighted by Gasteiger charge is -2.33. The normalized spacial score (nSPS) is 24.0. The number of aliphatic hydroxyl groups excluding tert-OH is 1. The molecule has 2 atom stereocenters. The summed E-state index contributed by atoms with van der Waals surface area (Å²) in [6.07, 6.45) is 4.69. The molecule has 1 rings (SSSR count). The van der Waals surface area contributed by atoms with Crippen LogP contribution in [0.5, 0.6) is 0 Å². The summed E-state index contributed by atoms with van der Waals surface area (Å²) >= 11 is 0. The minimum atomic E-state index is -0.180. The number of hydrogen-bond acceptors (Lipinski definition) is 3. The molecule has 1 heterocycles. The average molecular weight is 228 g/mol. The monoisotopic (exact) mass is 228 g/mol. The van der Waals surface area contributed by atoms with Crippen molar-refractivity contribution in [3.8, 4) is 0 Å². The third-order valence-corrected chi connectivity index (χ3v) is 3.43. The summed E-state index contributed by atoms with van der Waals surface area (Å²) in [6, 6.07) is 1.23. The number of rotatable bonds is 6. The van der Waals surface area contributed by atoms with Crippen LogP contribution < -0.4 is 5.32 Å². The molecule has 0 amide bonds. The molecular weight excluding hydrogens is 200 g/mol. The van der Waals surface area contributed by atoms with Gasteiger partial charge in [0.1, 0.15) is 0 Å². The van der Waals surface area contributed by atoms with Crippen molar-refractivity contribution in [1.29, 1.82) is 0 Å². The van der Waals surface area contributed by atoms with Crippen LogP contribution in [0.3, 0.4) is 0 Å². The number of nitrogens with one attached hydrogen (secondary N) is 1. The topological polar surface area (TPSA) is 35.5 Å². The predicted octanol–water partition coefficient (Wildman–Crippen LogP) is 1.61. The maximum atomic E-state index is 9.35. The molecule has 0 aromatic heterocycles. The van der Waals surface area contributed by atoms with Gasteiger partial charge in [0.15, 0.2) is 0 Å². The molecule has 96 valence electrons. The second-order valence-corrected chi connectivity index (χ2v) is 5.37. The first kappa shape index (κ1) is 13.9. The highest BCUT2D eigenvalue weighted by Gasteiger charge is 2.18. The second-order valence-electron chi connectivity index (χ2n) is 5.37. The van der Waals surface area contributed by atoms with E-state index in [1.54, 1.807) is 0 Å². The van der Waals surface area contributed by atoms with Gasteiger partial charge < -0.3 is 10.4 Å². The van der Waals surface area contributed by atoms with Gasteiger partial charge in [0.05, 0.1) is 6.10 Å². The molecule has 1 fully saturated rings. The quantitative estimate of drug-likeness (QED) is 0.725. The molecule has 0 aromatic carbocycles. The lowest BCUT2D eigenvalue weighted by molar-refractivity contribution is 0.131. The summed E-state index contributed by atoms with van der Waals surface area (Å²) in [5.41, 5.74) is 0. The first-order chi connectivity index (χ1) is 7.59. The lowest BCUT2D eigenvalue weighted by atomic mass is 10.0. The second kappa shape index (κ2) is 7.25. The molecule has 3 heteroatoms. The SMILES string of the molecule is CC(O)CCN(CC1CCCCN1)C(C)C. The molecule has 0 spiro atoms. The molecule has 0 radical (unpaired) electrons. The van der Waals surface area contributed by atoms with Crippen molar-refractivity contribution < 1.29 is 5.11 Å². The zero-order chi connectivity index (χ0) is 12.0. The Bertz CT molecular complexity index is 177. The van der Waals surface area contributed by atoms with Crippen LogP contribution in [0, 0.1) is 0 Å². The Balaban J connectivity index is 2.31. The number of piperidine rings is 1. The van der Waals surface area contributed by atoms with E-state index in [4.69, 9.17) is 0 Å². The van der Waals surface area contributed by atoms with Crippen LogP contribution in [0.2, 0.25) is 0 Å². The maximum absolute atomic E-state index is 9.35. The molecule has 3 nitrogen and oxygen atoms in total. The summed E-state index contributed by atoms with van der Waals surface area (Å²) in [4.78, 5) is 2.48. The molecule has 2 unspecified atom stereocenters. The smallest absolute Gasteiger partial charge is 0.0524 e. The average Bonchev–Trinajstić information content (AvgIpc) is 2.25. The number of hydrogen-bond donors (Lipinski definition) is 2. The van der Waals surface area contributed by atoms with Gasteiger partial charge in [-0.3, -0.25) is 4.90 Å². The number of aliphatic hydroxyl groups is 1. The van der Waals surface area contributed by atoms with Crippen LogP contribution in [0.15, 0.2) is 0 Å². The fourth-order valence-electron chi connectivity index (χ4n) is 2.28. The highest BCUT2D eigenvalue weighted by molar-refractivity contribution is 4.77. The zero-order valence-electron chi connectivity index (χ0n) is 11.1. The summed E-state index contributed by atoms with van der Waals surface area (Å²) in [7, 11) is 0. The van der Waals surface area contributed by atoms with E-state index in [0.717, 1.165) is 19.5 Å². The minimum Gasteiger partial charge on any atom is -0.393 e. The molecule has 1 aliphatic heterocycles. The van der Waals surface area contributed by atoms with Gasteiger partial charge in [0.2, 0.25) is 0 Å². The summed E-state index contributed by atoms with van der Waals surface area (Å²) < 4.78 is 0. The maximum Gasteiger partial charge on any atom is 0.0524 e. The highest BCUT2D eigenvalue weighted by Crippen LogP contribution is 2.11. The van der Waals surface area contributed by atoms with Gasteiger partial charge in [-0.15, -0.1) is 0 Å². The van der Waals surface area contributed by atoms with Gasteiger partial charge in [0, 0.05) is 25.2 Å². The van der Waals surface area contributed by atoms with E-state index in [2.05, 4.69) is 24.1 Å². The van der Waals surface area contributed by atoms with Crippen molar-refractivity contribution in [2.24, 2.45) is 0 Å². The Labute approximate surface area is 100 Å². The third-order valence-electron chi connectivity index (χ3n) is 3.43.